The van der Waals surface area contributed by atoms with Crippen molar-refractivity contribution in [3.63, 3.8) is 0 Å². The second-order valence-electron chi connectivity index (χ2n) is 9.16. The third kappa shape index (κ3) is 5.25. The zero-order valence-corrected chi connectivity index (χ0v) is 19.4. The number of H-pyrrole nitrogens is 1. The third-order valence-corrected chi connectivity index (χ3v) is 6.86. The summed E-state index contributed by atoms with van der Waals surface area (Å²) in [7, 11) is 0. The van der Waals surface area contributed by atoms with Crippen molar-refractivity contribution in [1.29, 1.82) is 0 Å². The molecule has 1 aliphatic heterocycles. The van der Waals surface area contributed by atoms with Crippen LogP contribution >= 0.6 is 0 Å². The van der Waals surface area contributed by atoms with Crippen LogP contribution in [0.1, 0.15) is 28.9 Å². The molecule has 2 N–H and O–H groups in total. The Hall–Kier alpha value is -3.58. The summed E-state index contributed by atoms with van der Waals surface area (Å²) in [6, 6.07) is 19.7. The van der Waals surface area contributed by atoms with Crippen molar-refractivity contribution >= 4 is 16.8 Å². The van der Waals surface area contributed by atoms with E-state index < -0.39 is 11.6 Å². The van der Waals surface area contributed by atoms with E-state index in [-0.39, 0.29) is 17.2 Å². The van der Waals surface area contributed by atoms with E-state index in [1.165, 1.54) is 17.7 Å². The van der Waals surface area contributed by atoms with Crippen LogP contribution < -0.4 is 5.32 Å². The quantitative estimate of drug-likeness (QED) is 0.387. The average molecular weight is 475 g/mol. The molecule has 1 amide bonds. The predicted octanol–water partition coefficient (Wildman–Crippen LogP) is 5.19. The number of carbonyl (C=O) groups excluding carboxylic acids is 1. The van der Waals surface area contributed by atoms with E-state index in [1.54, 1.807) is 18.2 Å². The molecule has 0 atom stereocenters. The number of amides is 1. The average Bonchev–Trinajstić information content (AvgIpc) is 3.32. The topological polar surface area (TPSA) is 61.0 Å². The summed E-state index contributed by atoms with van der Waals surface area (Å²) in [5.41, 5.74) is 2.93. The number of hydrogen-bond donors (Lipinski definition) is 2. The third-order valence-electron chi connectivity index (χ3n) is 6.86. The molecule has 35 heavy (non-hydrogen) atoms. The van der Waals surface area contributed by atoms with Gasteiger partial charge in [-0.2, -0.15) is 5.10 Å². The fraction of sp³-hybridized carbons (Fsp3) is 0.286. The van der Waals surface area contributed by atoms with Crippen LogP contribution in [0.2, 0.25) is 0 Å². The number of rotatable bonds is 7. The standard InChI is InChI=1S/C28H28F2N4O/c29-24-8-4-7-22(26(24)30)21-9-10-25-23(17-21)27(33-32-25)28(35)31-18-20-12-15-34(16-13-20)14-11-19-5-2-1-3-6-19/h1-10,17,20H,11-16,18H2,(H,31,35)(H,32,33). The highest BCUT2D eigenvalue weighted by molar-refractivity contribution is 6.05. The van der Waals surface area contributed by atoms with Crippen molar-refractivity contribution in [2.75, 3.05) is 26.2 Å². The monoisotopic (exact) mass is 474 g/mol. The van der Waals surface area contributed by atoms with Crippen LogP contribution in [0, 0.1) is 17.6 Å². The molecule has 4 aromatic rings. The number of likely N-dealkylation sites (tertiary alicyclic amines) is 1. The van der Waals surface area contributed by atoms with Crippen molar-refractivity contribution in [2.45, 2.75) is 19.3 Å². The molecule has 0 saturated carbocycles. The van der Waals surface area contributed by atoms with Gasteiger partial charge in [0, 0.05) is 24.0 Å². The van der Waals surface area contributed by atoms with Crippen LogP contribution in [0.15, 0.2) is 66.7 Å². The molecular weight excluding hydrogens is 446 g/mol. The van der Waals surface area contributed by atoms with Crippen molar-refractivity contribution in [3.05, 3.63) is 89.6 Å². The Morgan fingerprint density at radius 3 is 2.63 bits per heavy atom. The molecule has 1 fully saturated rings. The van der Waals surface area contributed by atoms with E-state index in [4.69, 9.17) is 0 Å². The van der Waals surface area contributed by atoms with Crippen LogP contribution in [0.25, 0.3) is 22.0 Å². The maximum Gasteiger partial charge on any atom is 0.272 e. The second-order valence-corrected chi connectivity index (χ2v) is 9.16. The molecular formula is C28H28F2N4O. The van der Waals surface area contributed by atoms with Gasteiger partial charge in [0.2, 0.25) is 0 Å². The molecule has 0 spiro atoms. The normalized spacial score (nSPS) is 14.9. The van der Waals surface area contributed by atoms with Crippen LogP contribution in [-0.2, 0) is 6.42 Å². The predicted molar refractivity (Wildman–Crippen MR) is 133 cm³/mol. The van der Waals surface area contributed by atoms with E-state index in [0.29, 0.717) is 28.9 Å². The fourth-order valence-corrected chi connectivity index (χ4v) is 4.75. The van der Waals surface area contributed by atoms with Crippen molar-refractivity contribution in [1.82, 2.24) is 20.4 Å². The van der Waals surface area contributed by atoms with Gasteiger partial charge in [0.1, 0.15) is 0 Å². The number of halogens is 2. The lowest BCUT2D eigenvalue weighted by atomic mass is 9.96. The number of piperidine rings is 1. The fourth-order valence-electron chi connectivity index (χ4n) is 4.75. The van der Waals surface area contributed by atoms with E-state index in [1.807, 2.05) is 6.07 Å². The largest absolute Gasteiger partial charge is 0.350 e. The van der Waals surface area contributed by atoms with Crippen molar-refractivity contribution in [3.8, 4) is 11.1 Å². The van der Waals surface area contributed by atoms with Crippen LogP contribution in [0.5, 0.6) is 0 Å². The van der Waals surface area contributed by atoms with Gasteiger partial charge in [0.25, 0.3) is 5.91 Å². The zero-order valence-electron chi connectivity index (χ0n) is 19.4. The molecule has 7 heteroatoms. The minimum absolute atomic E-state index is 0.151. The van der Waals surface area contributed by atoms with Crippen molar-refractivity contribution in [2.24, 2.45) is 5.92 Å². The lowest BCUT2D eigenvalue weighted by Gasteiger charge is -2.32. The highest BCUT2D eigenvalue weighted by atomic mass is 19.2. The number of carbonyl (C=O) groups is 1. The van der Waals surface area contributed by atoms with Gasteiger partial charge < -0.3 is 10.2 Å². The molecule has 1 aliphatic rings. The zero-order chi connectivity index (χ0) is 24.2. The highest BCUT2D eigenvalue weighted by Gasteiger charge is 2.21. The van der Waals surface area contributed by atoms with Gasteiger partial charge in [-0.25, -0.2) is 8.78 Å². The van der Waals surface area contributed by atoms with Crippen LogP contribution in [0.3, 0.4) is 0 Å². The van der Waals surface area contributed by atoms with E-state index in [0.717, 1.165) is 45.0 Å². The second kappa shape index (κ2) is 10.4. The molecule has 0 aliphatic carbocycles. The van der Waals surface area contributed by atoms with E-state index in [9.17, 15) is 13.6 Å². The Morgan fingerprint density at radius 1 is 1.03 bits per heavy atom. The molecule has 180 valence electrons. The number of aromatic amines is 1. The van der Waals surface area contributed by atoms with Crippen molar-refractivity contribution < 1.29 is 13.6 Å². The lowest BCUT2D eigenvalue weighted by Crippen LogP contribution is -2.39. The first kappa shape index (κ1) is 23.2. The summed E-state index contributed by atoms with van der Waals surface area (Å²) in [5, 5.41) is 10.7. The molecule has 0 radical (unpaired) electrons. The number of hydrogen-bond acceptors (Lipinski definition) is 3. The Bertz CT molecular complexity index is 1310. The number of aromatic nitrogens is 2. The number of fused-ring (bicyclic) bond motifs is 1. The smallest absolute Gasteiger partial charge is 0.272 e. The Kier molecular flexibility index (Phi) is 6.86. The van der Waals surface area contributed by atoms with Gasteiger partial charge in [0.15, 0.2) is 17.3 Å². The molecule has 5 nitrogen and oxygen atoms in total. The highest BCUT2D eigenvalue weighted by Crippen LogP contribution is 2.28. The Balaban J connectivity index is 1.18. The summed E-state index contributed by atoms with van der Waals surface area (Å²) >= 11 is 0. The SMILES string of the molecule is O=C(NCC1CCN(CCc2ccccc2)CC1)c1n[nH]c2ccc(-c3cccc(F)c3F)cc12. The molecule has 0 bridgehead atoms. The van der Waals surface area contributed by atoms with Gasteiger partial charge >= 0.3 is 0 Å². The molecule has 1 aromatic heterocycles. The minimum Gasteiger partial charge on any atom is -0.350 e. The van der Waals surface area contributed by atoms with E-state index in [2.05, 4.69) is 44.7 Å². The molecule has 3 aromatic carbocycles. The van der Waals surface area contributed by atoms with Gasteiger partial charge in [-0.3, -0.25) is 9.89 Å². The van der Waals surface area contributed by atoms with Gasteiger partial charge in [-0.15, -0.1) is 0 Å². The van der Waals surface area contributed by atoms with Crippen LogP contribution in [-0.4, -0.2) is 47.2 Å². The summed E-state index contributed by atoms with van der Waals surface area (Å²) in [5.74, 6) is -1.65. The maximum atomic E-state index is 14.3. The molecule has 2 heterocycles. The summed E-state index contributed by atoms with van der Waals surface area (Å²) in [6.45, 7) is 3.71. The Labute approximate surface area is 203 Å². The summed E-state index contributed by atoms with van der Waals surface area (Å²) in [6.07, 6.45) is 3.13. The first-order valence-electron chi connectivity index (χ1n) is 12.1. The lowest BCUT2D eigenvalue weighted by molar-refractivity contribution is 0.0933. The van der Waals surface area contributed by atoms with Crippen LogP contribution in [0.4, 0.5) is 8.78 Å². The maximum absolute atomic E-state index is 14.3. The summed E-state index contributed by atoms with van der Waals surface area (Å²) < 4.78 is 28.0. The molecule has 1 saturated heterocycles. The first-order chi connectivity index (χ1) is 17.1. The minimum atomic E-state index is -0.906. The number of nitrogens with one attached hydrogen (secondary N) is 2. The Morgan fingerprint density at radius 2 is 1.83 bits per heavy atom. The molecule has 5 rings (SSSR count). The van der Waals surface area contributed by atoms with E-state index >= 15 is 0 Å². The number of nitrogens with zero attached hydrogens (tertiary/aromatic N) is 2. The molecule has 0 unspecified atom stereocenters. The summed E-state index contributed by atoms with van der Waals surface area (Å²) in [4.78, 5) is 15.4. The van der Waals surface area contributed by atoms with Gasteiger partial charge in [-0.05, 0) is 67.6 Å². The van der Waals surface area contributed by atoms with Gasteiger partial charge in [-0.1, -0.05) is 48.5 Å². The number of benzene rings is 3. The van der Waals surface area contributed by atoms with Gasteiger partial charge in [0.05, 0.1) is 5.52 Å². The first-order valence-corrected chi connectivity index (χ1v) is 12.1.